The van der Waals surface area contributed by atoms with Crippen LogP contribution in [-0.4, -0.2) is 22.1 Å². The highest BCUT2D eigenvalue weighted by molar-refractivity contribution is 7.88. The molecule has 0 saturated heterocycles. The molecule has 0 aliphatic carbocycles. The Kier molecular flexibility index (Phi) is 3.26. The molecule has 11 heavy (non-hydrogen) atoms. The first-order valence-corrected chi connectivity index (χ1v) is 5.22. The number of nitro groups is 1. The van der Waals surface area contributed by atoms with Gasteiger partial charge in [0.15, 0.2) is 0 Å². The molecule has 0 N–H and O–H groups in total. The van der Waals surface area contributed by atoms with Gasteiger partial charge in [-0.3, -0.25) is 14.5 Å². The van der Waals surface area contributed by atoms with E-state index in [0.29, 0.717) is 0 Å². The van der Waals surface area contributed by atoms with Crippen LogP contribution in [0.15, 0.2) is 4.36 Å². The van der Waals surface area contributed by atoms with E-state index in [0.717, 1.165) is 25.1 Å². The molecule has 0 spiro atoms. The molecule has 0 aromatic heterocycles. The van der Waals surface area contributed by atoms with Crippen molar-refractivity contribution >= 4 is 22.3 Å². The van der Waals surface area contributed by atoms with Gasteiger partial charge in [-0.05, 0) is 35.1 Å². The zero-order valence-corrected chi connectivity index (χ0v) is 7.48. The Hall–Kier alpha value is -0.160. The highest BCUT2D eigenvalue weighted by atomic mass is 35.5. The highest BCUT2D eigenvalue weighted by Gasteiger charge is 2.22. The quantitative estimate of drug-likeness (QED) is 0.290. The van der Waals surface area contributed by atoms with Crippen molar-refractivity contribution in [3.63, 3.8) is 0 Å². The lowest BCUT2D eigenvalue weighted by Crippen LogP contribution is -2.22. The van der Waals surface area contributed by atoms with Gasteiger partial charge in [0.2, 0.25) is 0 Å². The molecule has 1 aliphatic rings. The van der Waals surface area contributed by atoms with Crippen LogP contribution >= 0.6 is 11.6 Å². The average Bonchev–Trinajstić information content (AvgIpc) is 2.05. The maximum Gasteiger partial charge on any atom is 0.342 e. The second-order valence-electron chi connectivity index (χ2n) is 2.24. The van der Waals surface area contributed by atoms with Gasteiger partial charge < -0.3 is 0 Å². The van der Waals surface area contributed by atoms with Crippen molar-refractivity contribution in [2.24, 2.45) is 4.36 Å². The Morgan fingerprint density at radius 2 is 2.36 bits per heavy atom. The van der Waals surface area contributed by atoms with E-state index in [-0.39, 0.29) is 0 Å². The van der Waals surface area contributed by atoms with Crippen molar-refractivity contribution in [3.05, 3.63) is 10.1 Å². The predicted octanol–water partition coefficient (Wildman–Crippen LogP) is 1.38. The molecule has 6 heteroatoms. The minimum atomic E-state index is -0.990. The maximum absolute atomic E-state index is 10.2. The van der Waals surface area contributed by atoms with Gasteiger partial charge in [0.1, 0.15) is 0 Å². The first-order chi connectivity index (χ1) is 5.22. The summed E-state index contributed by atoms with van der Waals surface area (Å²) in [4.78, 5) is 8.77. The van der Waals surface area contributed by atoms with Crippen LogP contribution in [0.5, 0.6) is 0 Å². The molecular formula is C5H9ClN2O2S. The third-order valence-corrected chi connectivity index (χ3v) is 4.03. The van der Waals surface area contributed by atoms with E-state index in [1.807, 2.05) is 0 Å². The fourth-order valence-electron chi connectivity index (χ4n) is 0.866. The van der Waals surface area contributed by atoms with Crippen molar-refractivity contribution in [3.8, 4) is 0 Å². The van der Waals surface area contributed by atoms with E-state index in [4.69, 9.17) is 11.6 Å². The highest BCUT2D eigenvalue weighted by Crippen LogP contribution is 2.13. The largest absolute Gasteiger partial charge is 0.342 e. The Bertz CT molecular complexity index is 197. The van der Waals surface area contributed by atoms with Crippen LogP contribution in [0.3, 0.4) is 0 Å². The molecule has 2 unspecified atom stereocenters. The Labute approximate surface area is 72.2 Å². The summed E-state index contributed by atoms with van der Waals surface area (Å²) in [5.41, 5.74) is 0. The van der Waals surface area contributed by atoms with Gasteiger partial charge in [0, 0.05) is 12.3 Å². The van der Waals surface area contributed by atoms with Crippen LogP contribution < -0.4 is 0 Å². The van der Waals surface area contributed by atoms with E-state index in [9.17, 15) is 10.1 Å². The molecule has 64 valence electrons. The van der Waals surface area contributed by atoms with Crippen molar-refractivity contribution in [1.82, 2.24) is 0 Å². The second-order valence-corrected chi connectivity index (χ2v) is 4.83. The zero-order chi connectivity index (χ0) is 8.27. The molecule has 0 bridgehead atoms. The van der Waals surface area contributed by atoms with Crippen LogP contribution in [0.2, 0.25) is 0 Å². The third kappa shape index (κ3) is 2.41. The molecule has 4 nitrogen and oxygen atoms in total. The van der Waals surface area contributed by atoms with E-state index >= 15 is 0 Å². The summed E-state index contributed by atoms with van der Waals surface area (Å²) in [6.07, 6.45) is 2.06. The molecular weight excluding hydrogens is 188 g/mol. The van der Waals surface area contributed by atoms with Gasteiger partial charge in [-0.1, -0.05) is 0 Å². The summed E-state index contributed by atoms with van der Waals surface area (Å²) in [6, 6.07) is 0. The van der Waals surface area contributed by atoms with Crippen molar-refractivity contribution in [1.29, 1.82) is 0 Å². The molecule has 0 fully saturated rings. The van der Waals surface area contributed by atoms with Gasteiger partial charge in [0.05, 0.1) is 4.92 Å². The van der Waals surface area contributed by atoms with Gasteiger partial charge in [-0.2, -0.15) is 0 Å². The van der Waals surface area contributed by atoms with E-state index in [2.05, 4.69) is 4.36 Å². The fraction of sp³-hybridized carbons (Fsp3) is 1.00. The molecule has 0 radical (unpaired) electrons. The molecule has 1 rings (SSSR count). The molecule has 1 aliphatic heterocycles. The minimum Gasteiger partial charge on any atom is -0.262 e. The number of nitrogens with zero attached hydrogens (tertiary/aromatic N) is 2. The Balaban J connectivity index is 2.58. The lowest BCUT2D eigenvalue weighted by atomic mass is 10.3. The standard InChI is InChI=1S/C5H9ClN2O2S/c6-5(8(9)10)11-4-2-1-3-7-11/h5H,1-4H2. The van der Waals surface area contributed by atoms with Crippen LogP contribution in [0, 0.1) is 10.1 Å². The van der Waals surface area contributed by atoms with E-state index < -0.39 is 20.4 Å². The summed E-state index contributed by atoms with van der Waals surface area (Å²) in [7, 11) is -0.528. The number of alkyl halides is 1. The van der Waals surface area contributed by atoms with Crippen LogP contribution in [-0.2, 0) is 10.7 Å². The first kappa shape index (κ1) is 8.93. The maximum atomic E-state index is 10.2. The zero-order valence-electron chi connectivity index (χ0n) is 5.90. The molecule has 0 amide bonds. The SMILES string of the molecule is O=[N+]([O-])C(Cl)S1=NCCCC1. The van der Waals surface area contributed by atoms with E-state index in [1.54, 1.807) is 0 Å². The lowest BCUT2D eigenvalue weighted by molar-refractivity contribution is -0.473. The molecule has 2 atom stereocenters. The molecule has 0 aromatic rings. The Morgan fingerprint density at radius 1 is 1.64 bits per heavy atom. The number of hydrogen-bond acceptors (Lipinski definition) is 3. The summed E-state index contributed by atoms with van der Waals surface area (Å²) in [5, 5.41) is 10.2. The van der Waals surface area contributed by atoms with Gasteiger partial charge >= 0.3 is 4.83 Å². The van der Waals surface area contributed by atoms with E-state index in [1.165, 1.54) is 0 Å². The van der Waals surface area contributed by atoms with Crippen LogP contribution in [0.25, 0.3) is 0 Å². The summed E-state index contributed by atoms with van der Waals surface area (Å²) >= 11 is 5.51. The fourth-order valence-corrected chi connectivity index (χ4v) is 2.81. The topological polar surface area (TPSA) is 55.5 Å². The minimum absolute atomic E-state index is 0.459. The smallest absolute Gasteiger partial charge is 0.262 e. The van der Waals surface area contributed by atoms with Crippen molar-refractivity contribution < 1.29 is 4.92 Å². The number of hydrogen-bond donors (Lipinski definition) is 0. The van der Waals surface area contributed by atoms with Crippen LogP contribution in [0.1, 0.15) is 12.8 Å². The lowest BCUT2D eigenvalue weighted by Gasteiger charge is -2.11. The average molecular weight is 197 g/mol. The van der Waals surface area contributed by atoms with Crippen molar-refractivity contribution in [2.75, 3.05) is 12.3 Å². The third-order valence-electron chi connectivity index (χ3n) is 1.41. The summed E-state index contributed by atoms with van der Waals surface area (Å²) in [5.74, 6) is 0.787. The van der Waals surface area contributed by atoms with Gasteiger partial charge in [-0.15, -0.1) is 0 Å². The monoisotopic (exact) mass is 196 g/mol. The molecule has 0 saturated carbocycles. The van der Waals surface area contributed by atoms with Crippen molar-refractivity contribution in [2.45, 2.75) is 17.7 Å². The number of rotatable bonds is 2. The first-order valence-electron chi connectivity index (χ1n) is 3.36. The van der Waals surface area contributed by atoms with Gasteiger partial charge in [0.25, 0.3) is 0 Å². The predicted molar refractivity (Wildman–Crippen MR) is 45.4 cm³/mol. The Morgan fingerprint density at radius 3 is 2.82 bits per heavy atom. The van der Waals surface area contributed by atoms with Gasteiger partial charge in [-0.25, -0.2) is 0 Å². The van der Waals surface area contributed by atoms with Crippen LogP contribution in [0.4, 0.5) is 0 Å². The molecule has 0 aromatic carbocycles. The summed E-state index contributed by atoms with van der Waals surface area (Å²) in [6.45, 7) is 0.736. The number of halogens is 1. The second kappa shape index (κ2) is 4.01. The molecule has 1 heterocycles. The summed E-state index contributed by atoms with van der Waals surface area (Å²) < 4.78 is 4.10. The normalized spacial score (nSPS) is 27.2.